The summed E-state index contributed by atoms with van der Waals surface area (Å²) in [5.41, 5.74) is 2.35. The number of nitrogens with zero attached hydrogens (tertiary/aromatic N) is 4. The van der Waals surface area contributed by atoms with Gasteiger partial charge in [-0.1, -0.05) is 30.3 Å². The third-order valence-corrected chi connectivity index (χ3v) is 8.79. The van der Waals surface area contributed by atoms with E-state index in [1.807, 2.05) is 6.07 Å². The third-order valence-electron chi connectivity index (χ3n) is 6.64. The number of benzene rings is 1. The largest absolute Gasteiger partial charge is 0.379 e. The number of aryl methyl sites for hydroxylation is 2. The second kappa shape index (κ2) is 11.0. The number of likely N-dealkylation sites (tertiary alicyclic amines) is 1. The summed E-state index contributed by atoms with van der Waals surface area (Å²) in [4.78, 5) is 15.3. The van der Waals surface area contributed by atoms with E-state index in [1.165, 1.54) is 9.87 Å². The van der Waals surface area contributed by atoms with Crippen LogP contribution in [0.15, 0.2) is 35.2 Å². The monoisotopic (exact) mass is 489 g/mol. The Balaban J connectivity index is 1.27. The highest BCUT2D eigenvalue weighted by Crippen LogP contribution is 2.24. The van der Waals surface area contributed by atoms with Gasteiger partial charge in [-0.05, 0) is 32.3 Å². The van der Waals surface area contributed by atoms with Gasteiger partial charge < -0.3 is 10.1 Å². The summed E-state index contributed by atoms with van der Waals surface area (Å²) in [6.45, 7) is 8.17. The molecular weight excluding hydrogens is 454 g/mol. The summed E-state index contributed by atoms with van der Waals surface area (Å²) >= 11 is 0. The summed E-state index contributed by atoms with van der Waals surface area (Å²) in [6.07, 6.45) is 2.13. The summed E-state index contributed by atoms with van der Waals surface area (Å²) in [5, 5.41) is 7.58. The molecule has 1 aromatic heterocycles. The number of carbonyl (C=O) groups excluding carboxylic acids is 1. The molecule has 3 heterocycles. The highest BCUT2D eigenvalue weighted by molar-refractivity contribution is 7.89. The van der Waals surface area contributed by atoms with Crippen molar-refractivity contribution < 1.29 is 17.9 Å². The quantitative estimate of drug-likeness (QED) is 0.606. The fourth-order valence-corrected chi connectivity index (χ4v) is 6.55. The lowest BCUT2D eigenvalue weighted by atomic mass is 10.0. The van der Waals surface area contributed by atoms with Crippen molar-refractivity contribution in [3.63, 3.8) is 0 Å². The van der Waals surface area contributed by atoms with E-state index in [4.69, 9.17) is 4.74 Å². The van der Waals surface area contributed by atoms with Crippen molar-refractivity contribution in [2.45, 2.75) is 57.1 Å². The first-order valence-electron chi connectivity index (χ1n) is 12.0. The first-order chi connectivity index (χ1) is 16.3. The van der Waals surface area contributed by atoms with Crippen molar-refractivity contribution in [2.24, 2.45) is 0 Å². The van der Waals surface area contributed by atoms with Crippen molar-refractivity contribution in [3.8, 4) is 0 Å². The number of rotatable bonds is 8. The molecule has 0 atom stereocenters. The minimum absolute atomic E-state index is 0.0216. The van der Waals surface area contributed by atoms with Crippen LogP contribution in [0.4, 0.5) is 0 Å². The predicted octanol–water partition coefficient (Wildman–Crippen LogP) is 1.69. The molecule has 34 heavy (non-hydrogen) atoms. The topological polar surface area (TPSA) is 96.8 Å². The molecule has 2 aromatic rings. The van der Waals surface area contributed by atoms with E-state index in [0.717, 1.165) is 32.5 Å². The summed E-state index contributed by atoms with van der Waals surface area (Å²) in [6, 6.07) is 10.6. The molecule has 0 bridgehead atoms. The third kappa shape index (κ3) is 5.86. The van der Waals surface area contributed by atoms with Crippen molar-refractivity contribution in [3.05, 3.63) is 47.3 Å². The van der Waals surface area contributed by atoms with Crippen LogP contribution in [0.2, 0.25) is 0 Å². The minimum atomic E-state index is -3.63. The molecule has 186 valence electrons. The molecule has 2 fully saturated rings. The van der Waals surface area contributed by atoms with Crippen LogP contribution in [0, 0.1) is 13.8 Å². The van der Waals surface area contributed by atoms with Gasteiger partial charge in [0, 0.05) is 45.2 Å². The lowest BCUT2D eigenvalue weighted by molar-refractivity contribution is -0.122. The second-order valence-corrected chi connectivity index (χ2v) is 11.0. The zero-order chi connectivity index (χ0) is 24.1. The number of nitrogens with one attached hydrogen (secondary N) is 1. The number of hydrogen-bond acceptors (Lipinski definition) is 6. The Hall–Kier alpha value is -2.27. The van der Waals surface area contributed by atoms with Gasteiger partial charge in [-0.25, -0.2) is 8.42 Å². The number of hydrogen-bond donors (Lipinski definition) is 1. The van der Waals surface area contributed by atoms with E-state index < -0.39 is 10.0 Å². The van der Waals surface area contributed by atoms with E-state index >= 15 is 0 Å². The van der Waals surface area contributed by atoms with Crippen molar-refractivity contribution in [1.82, 2.24) is 24.3 Å². The molecule has 2 aliphatic rings. The van der Waals surface area contributed by atoms with Gasteiger partial charge in [-0.2, -0.15) is 9.40 Å². The van der Waals surface area contributed by atoms with Gasteiger partial charge >= 0.3 is 0 Å². The van der Waals surface area contributed by atoms with Gasteiger partial charge in [0.05, 0.1) is 31.1 Å². The number of sulfonamides is 1. The molecular formula is C24H35N5O4S. The van der Waals surface area contributed by atoms with Crippen LogP contribution in [0.1, 0.15) is 36.2 Å². The van der Waals surface area contributed by atoms with Crippen LogP contribution in [0.3, 0.4) is 0 Å². The first kappa shape index (κ1) is 24.8. The number of ether oxygens (including phenoxy) is 1. The Kier molecular flexibility index (Phi) is 8.02. The Morgan fingerprint density at radius 3 is 2.44 bits per heavy atom. The maximum absolute atomic E-state index is 13.1. The molecule has 0 saturated carbocycles. The normalized spacial score (nSPS) is 18.8. The van der Waals surface area contributed by atoms with Gasteiger partial charge in [-0.3, -0.25) is 14.4 Å². The molecule has 1 N–H and O–H groups in total. The van der Waals surface area contributed by atoms with Gasteiger partial charge in [0.1, 0.15) is 4.90 Å². The molecule has 4 rings (SSSR count). The zero-order valence-corrected chi connectivity index (χ0v) is 20.9. The average Bonchev–Trinajstić information content (AvgIpc) is 3.13. The first-order valence-corrected chi connectivity index (χ1v) is 13.5. The van der Waals surface area contributed by atoms with Crippen LogP contribution in [-0.2, 0) is 32.6 Å². The van der Waals surface area contributed by atoms with Crippen LogP contribution in [-0.4, -0.2) is 78.7 Å². The summed E-state index contributed by atoms with van der Waals surface area (Å²) in [5.74, 6) is -0.0216. The molecule has 9 nitrogen and oxygen atoms in total. The van der Waals surface area contributed by atoms with E-state index in [-0.39, 0.29) is 23.3 Å². The maximum atomic E-state index is 13.1. The van der Waals surface area contributed by atoms with E-state index in [1.54, 1.807) is 18.5 Å². The van der Waals surface area contributed by atoms with Gasteiger partial charge in [0.15, 0.2) is 0 Å². The van der Waals surface area contributed by atoms with E-state index in [9.17, 15) is 13.2 Å². The van der Waals surface area contributed by atoms with E-state index in [2.05, 4.69) is 39.6 Å². The predicted molar refractivity (Wildman–Crippen MR) is 129 cm³/mol. The van der Waals surface area contributed by atoms with Crippen LogP contribution in [0.5, 0.6) is 0 Å². The fraction of sp³-hybridized carbons (Fsp3) is 0.583. The smallest absolute Gasteiger partial charge is 0.246 e. The number of piperidine rings is 1. The Morgan fingerprint density at radius 1 is 1.09 bits per heavy atom. The molecule has 0 unspecified atom stereocenters. The molecule has 0 aliphatic carbocycles. The van der Waals surface area contributed by atoms with Gasteiger partial charge in [0.25, 0.3) is 0 Å². The number of aromatic nitrogens is 2. The van der Waals surface area contributed by atoms with Crippen LogP contribution >= 0.6 is 0 Å². The van der Waals surface area contributed by atoms with Crippen molar-refractivity contribution in [1.29, 1.82) is 0 Å². The van der Waals surface area contributed by atoms with Gasteiger partial charge in [0.2, 0.25) is 15.9 Å². The average molecular weight is 490 g/mol. The Labute approximate surface area is 202 Å². The number of morpholine rings is 1. The second-order valence-electron chi connectivity index (χ2n) is 9.09. The highest BCUT2D eigenvalue weighted by Gasteiger charge is 2.32. The molecule has 1 amide bonds. The standard InChI is InChI=1S/C24H35N5O4S/c1-19-24(34(31,32)28-14-16-33-17-15-28)20(2)29(26-19)13-10-23(30)25-22-8-11-27(12-9-22)18-21-6-4-3-5-7-21/h3-7,22H,8-18H2,1-2H3,(H,25,30). The van der Waals surface area contributed by atoms with Crippen molar-refractivity contribution in [2.75, 3.05) is 39.4 Å². The molecule has 2 saturated heterocycles. The number of amides is 1. The Bertz CT molecular complexity index is 1070. The number of carbonyl (C=O) groups is 1. The highest BCUT2D eigenvalue weighted by atomic mass is 32.2. The Morgan fingerprint density at radius 2 is 1.76 bits per heavy atom. The molecule has 2 aliphatic heterocycles. The summed E-state index contributed by atoms with van der Waals surface area (Å²) < 4.78 is 34.6. The fourth-order valence-electron chi connectivity index (χ4n) is 4.77. The molecule has 1 aromatic carbocycles. The SMILES string of the molecule is Cc1nn(CCC(=O)NC2CCN(Cc3ccccc3)CC2)c(C)c1S(=O)(=O)N1CCOCC1. The maximum Gasteiger partial charge on any atom is 0.246 e. The van der Waals surface area contributed by atoms with E-state index in [0.29, 0.717) is 44.2 Å². The van der Waals surface area contributed by atoms with Crippen LogP contribution < -0.4 is 5.32 Å². The molecule has 0 radical (unpaired) electrons. The molecule has 10 heteroatoms. The van der Waals surface area contributed by atoms with Crippen molar-refractivity contribution >= 4 is 15.9 Å². The van der Waals surface area contributed by atoms with Crippen LogP contribution in [0.25, 0.3) is 0 Å². The summed E-state index contributed by atoms with van der Waals surface area (Å²) in [7, 11) is -3.63. The molecule has 0 spiro atoms. The minimum Gasteiger partial charge on any atom is -0.379 e. The van der Waals surface area contributed by atoms with Gasteiger partial charge in [-0.15, -0.1) is 0 Å². The lowest BCUT2D eigenvalue weighted by Gasteiger charge is -2.32. The lowest BCUT2D eigenvalue weighted by Crippen LogP contribution is -2.44. The zero-order valence-electron chi connectivity index (χ0n) is 20.1.